The molecular formula is C17H13N3. The van der Waals surface area contributed by atoms with E-state index in [0.29, 0.717) is 0 Å². The van der Waals surface area contributed by atoms with Gasteiger partial charge in [0.1, 0.15) is 11.6 Å². The Bertz CT molecular complexity index is 922. The first-order valence-electron chi connectivity index (χ1n) is 6.63. The Balaban J connectivity index is 2.03. The van der Waals surface area contributed by atoms with Crippen LogP contribution in [0.3, 0.4) is 0 Å². The number of hydrogen-bond donors (Lipinski definition) is 0. The van der Waals surface area contributed by atoms with Gasteiger partial charge in [-0.05, 0) is 37.3 Å². The molecule has 0 saturated carbocycles. The van der Waals surface area contributed by atoms with Crippen LogP contribution >= 0.6 is 0 Å². The first kappa shape index (κ1) is 11.2. The Hall–Kier alpha value is -2.68. The minimum Gasteiger partial charge on any atom is -0.281 e. The zero-order valence-electron chi connectivity index (χ0n) is 11.1. The van der Waals surface area contributed by atoms with Gasteiger partial charge >= 0.3 is 0 Å². The van der Waals surface area contributed by atoms with Crippen LogP contribution in [0.4, 0.5) is 0 Å². The molecule has 3 heteroatoms. The molecule has 2 heterocycles. The third kappa shape index (κ3) is 1.60. The number of rotatable bonds is 1. The van der Waals surface area contributed by atoms with Gasteiger partial charge in [0.2, 0.25) is 0 Å². The van der Waals surface area contributed by atoms with Gasteiger partial charge in [-0.25, -0.2) is 9.97 Å². The van der Waals surface area contributed by atoms with Gasteiger partial charge in [0.05, 0.1) is 16.6 Å². The Morgan fingerprint density at radius 3 is 2.40 bits per heavy atom. The molecule has 2 aromatic heterocycles. The monoisotopic (exact) mass is 259 g/mol. The van der Waals surface area contributed by atoms with Crippen LogP contribution in [-0.4, -0.2) is 14.5 Å². The number of pyridine rings is 1. The van der Waals surface area contributed by atoms with Gasteiger partial charge in [-0.3, -0.25) is 4.57 Å². The molecule has 20 heavy (non-hydrogen) atoms. The second kappa shape index (κ2) is 4.17. The number of aromatic nitrogens is 3. The van der Waals surface area contributed by atoms with Crippen LogP contribution < -0.4 is 0 Å². The van der Waals surface area contributed by atoms with Gasteiger partial charge in [0, 0.05) is 5.39 Å². The van der Waals surface area contributed by atoms with E-state index >= 15 is 0 Å². The van der Waals surface area contributed by atoms with Crippen molar-refractivity contribution in [2.75, 3.05) is 0 Å². The lowest BCUT2D eigenvalue weighted by Crippen LogP contribution is -1.99. The molecule has 0 aliphatic rings. The molecule has 0 unspecified atom stereocenters. The normalized spacial score (nSPS) is 11.2. The molecule has 4 rings (SSSR count). The fourth-order valence-electron chi connectivity index (χ4n) is 2.62. The summed E-state index contributed by atoms with van der Waals surface area (Å²) in [6, 6.07) is 20.4. The number of hydrogen-bond acceptors (Lipinski definition) is 2. The maximum absolute atomic E-state index is 4.75. The van der Waals surface area contributed by atoms with Crippen LogP contribution in [0.25, 0.3) is 27.8 Å². The van der Waals surface area contributed by atoms with Crippen molar-refractivity contribution >= 4 is 21.9 Å². The van der Waals surface area contributed by atoms with Crippen molar-refractivity contribution < 1.29 is 0 Å². The summed E-state index contributed by atoms with van der Waals surface area (Å²) in [4.78, 5) is 9.34. The molecule has 0 bridgehead atoms. The second-order valence-corrected chi connectivity index (χ2v) is 4.85. The number of imidazole rings is 1. The van der Waals surface area contributed by atoms with E-state index in [9.17, 15) is 0 Å². The summed E-state index contributed by atoms with van der Waals surface area (Å²) in [5.74, 6) is 1.86. The zero-order chi connectivity index (χ0) is 13.5. The van der Waals surface area contributed by atoms with Gasteiger partial charge in [-0.1, -0.05) is 30.3 Å². The minimum atomic E-state index is 0.912. The number of fused-ring (bicyclic) bond motifs is 2. The summed E-state index contributed by atoms with van der Waals surface area (Å²) < 4.78 is 2.10. The smallest absolute Gasteiger partial charge is 0.139 e. The van der Waals surface area contributed by atoms with Crippen LogP contribution in [0.5, 0.6) is 0 Å². The maximum Gasteiger partial charge on any atom is 0.139 e. The Labute approximate surface area is 116 Å². The summed E-state index contributed by atoms with van der Waals surface area (Å²) in [7, 11) is 0. The van der Waals surface area contributed by atoms with Gasteiger partial charge < -0.3 is 0 Å². The summed E-state index contributed by atoms with van der Waals surface area (Å²) in [5, 5.41) is 1.15. The van der Waals surface area contributed by atoms with Gasteiger partial charge in [0.15, 0.2) is 0 Å². The number of para-hydroxylation sites is 3. The van der Waals surface area contributed by atoms with Crippen molar-refractivity contribution in [1.29, 1.82) is 0 Å². The molecule has 2 aromatic carbocycles. The van der Waals surface area contributed by atoms with E-state index in [4.69, 9.17) is 4.98 Å². The summed E-state index contributed by atoms with van der Waals surface area (Å²) >= 11 is 0. The highest BCUT2D eigenvalue weighted by molar-refractivity contribution is 5.81. The lowest BCUT2D eigenvalue weighted by Gasteiger charge is -2.07. The lowest BCUT2D eigenvalue weighted by molar-refractivity contribution is 0.966. The Morgan fingerprint density at radius 1 is 0.750 bits per heavy atom. The molecule has 0 N–H and O–H groups in total. The fraction of sp³-hybridized carbons (Fsp3) is 0.0588. The van der Waals surface area contributed by atoms with E-state index in [1.807, 2.05) is 49.4 Å². The highest BCUT2D eigenvalue weighted by Gasteiger charge is 2.09. The van der Waals surface area contributed by atoms with Crippen LogP contribution in [0.2, 0.25) is 0 Å². The second-order valence-electron chi connectivity index (χ2n) is 4.85. The van der Waals surface area contributed by atoms with Crippen molar-refractivity contribution in [3.05, 3.63) is 66.5 Å². The third-order valence-electron chi connectivity index (χ3n) is 3.54. The first-order chi connectivity index (χ1) is 9.83. The van der Waals surface area contributed by atoms with Gasteiger partial charge in [0.25, 0.3) is 0 Å². The SMILES string of the molecule is Cc1nc2ccccc2n1-c1ccc2ccccc2n1. The van der Waals surface area contributed by atoms with E-state index in [0.717, 1.165) is 33.6 Å². The van der Waals surface area contributed by atoms with E-state index in [-0.39, 0.29) is 0 Å². The predicted octanol–water partition coefficient (Wildman–Crippen LogP) is 3.88. The summed E-state index contributed by atoms with van der Waals surface area (Å²) in [6.07, 6.45) is 0. The van der Waals surface area contributed by atoms with E-state index < -0.39 is 0 Å². The fourth-order valence-corrected chi connectivity index (χ4v) is 2.62. The minimum absolute atomic E-state index is 0.912. The van der Waals surface area contributed by atoms with Crippen LogP contribution in [-0.2, 0) is 0 Å². The molecule has 0 atom stereocenters. The predicted molar refractivity (Wildman–Crippen MR) is 81.1 cm³/mol. The molecule has 0 aliphatic heterocycles. The summed E-state index contributed by atoms with van der Waals surface area (Å²) in [5.41, 5.74) is 3.09. The summed E-state index contributed by atoms with van der Waals surface area (Å²) in [6.45, 7) is 2.01. The van der Waals surface area contributed by atoms with E-state index in [2.05, 4.69) is 27.8 Å². The molecular weight excluding hydrogens is 246 g/mol. The highest BCUT2D eigenvalue weighted by atomic mass is 15.1. The van der Waals surface area contributed by atoms with Crippen molar-refractivity contribution in [2.24, 2.45) is 0 Å². The van der Waals surface area contributed by atoms with Gasteiger partial charge in [-0.15, -0.1) is 0 Å². The average Bonchev–Trinajstić information content (AvgIpc) is 2.82. The molecule has 3 nitrogen and oxygen atoms in total. The standard InChI is InChI=1S/C17H13N3/c1-12-18-15-8-4-5-9-16(15)20(12)17-11-10-13-6-2-3-7-14(13)19-17/h2-11H,1H3. The quantitative estimate of drug-likeness (QED) is 0.519. The van der Waals surface area contributed by atoms with Crippen LogP contribution in [0, 0.1) is 6.92 Å². The van der Waals surface area contributed by atoms with Crippen LogP contribution in [0.15, 0.2) is 60.7 Å². The first-order valence-corrected chi connectivity index (χ1v) is 6.63. The molecule has 96 valence electrons. The van der Waals surface area contributed by atoms with E-state index in [1.165, 1.54) is 0 Å². The number of nitrogens with zero attached hydrogens (tertiary/aromatic N) is 3. The Morgan fingerprint density at radius 2 is 1.50 bits per heavy atom. The molecule has 0 saturated heterocycles. The third-order valence-corrected chi connectivity index (χ3v) is 3.54. The van der Waals surface area contributed by atoms with Crippen molar-refractivity contribution in [2.45, 2.75) is 6.92 Å². The molecule has 4 aromatic rings. The average molecular weight is 259 g/mol. The highest BCUT2D eigenvalue weighted by Crippen LogP contribution is 2.21. The van der Waals surface area contributed by atoms with Crippen molar-refractivity contribution in [1.82, 2.24) is 14.5 Å². The zero-order valence-corrected chi connectivity index (χ0v) is 11.1. The number of benzene rings is 2. The molecule has 0 amide bonds. The van der Waals surface area contributed by atoms with Crippen molar-refractivity contribution in [3.63, 3.8) is 0 Å². The topological polar surface area (TPSA) is 30.7 Å². The molecule has 0 spiro atoms. The van der Waals surface area contributed by atoms with Gasteiger partial charge in [-0.2, -0.15) is 0 Å². The molecule has 0 radical (unpaired) electrons. The lowest BCUT2D eigenvalue weighted by atomic mass is 10.2. The largest absolute Gasteiger partial charge is 0.281 e. The van der Waals surface area contributed by atoms with E-state index in [1.54, 1.807) is 0 Å². The van der Waals surface area contributed by atoms with Crippen molar-refractivity contribution in [3.8, 4) is 5.82 Å². The number of aryl methyl sites for hydroxylation is 1. The molecule has 0 aliphatic carbocycles. The Kier molecular flexibility index (Phi) is 2.33. The molecule has 0 fully saturated rings. The van der Waals surface area contributed by atoms with Crippen LogP contribution in [0.1, 0.15) is 5.82 Å². The maximum atomic E-state index is 4.75.